The molecule has 1 atom stereocenters. The molecule has 2 aromatic rings. The van der Waals surface area contributed by atoms with Crippen molar-refractivity contribution >= 4 is 23.5 Å². The fraction of sp³-hybridized carbons (Fsp3) is 0.364. The Morgan fingerprint density at radius 3 is 2.26 bits per heavy atom. The van der Waals surface area contributed by atoms with Crippen LogP contribution in [0, 0.1) is 0 Å². The van der Waals surface area contributed by atoms with Crippen molar-refractivity contribution in [1.29, 1.82) is 0 Å². The van der Waals surface area contributed by atoms with Gasteiger partial charge in [0.2, 0.25) is 0 Å². The summed E-state index contributed by atoms with van der Waals surface area (Å²) in [6.07, 6.45) is 4.90. The minimum Gasteiger partial charge on any atom is -0.370 e. The maximum Gasteiger partial charge on any atom is 0.321 e. The molecular weight excluding hydrogens is 358 g/mol. The van der Waals surface area contributed by atoms with Crippen LogP contribution < -0.4 is 5.48 Å². The summed E-state index contributed by atoms with van der Waals surface area (Å²) in [6.45, 7) is 3.47. The monoisotopic (exact) mass is 385 g/mol. The van der Waals surface area contributed by atoms with Crippen LogP contribution in [0.2, 0.25) is 0 Å². The lowest BCUT2D eigenvalue weighted by Crippen LogP contribution is -2.38. The Bertz CT molecular complexity index is 716. The highest BCUT2D eigenvalue weighted by molar-refractivity contribution is 7.99. The van der Waals surface area contributed by atoms with E-state index in [-0.39, 0.29) is 5.78 Å². The smallest absolute Gasteiger partial charge is 0.321 e. The molecule has 0 amide bonds. The van der Waals surface area contributed by atoms with E-state index < -0.39 is 12.0 Å². The van der Waals surface area contributed by atoms with Crippen LogP contribution in [0.15, 0.2) is 64.4 Å². The summed E-state index contributed by atoms with van der Waals surface area (Å²) in [5.41, 5.74) is 3.26. The summed E-state index contributed by atoms with van der Waals surface area (Å²) in [5.74, 6) is -0.500. The van der Waals surface area contributed by atoms with Crippen molar-refractivity contribution in [3.05, 3.63) is 60.2 Å². The van der Waals surface area contributed by atoms with Crippen LogP contribution in [0.4, 0.5) is 0 Å². The number of carbonyl (C=O) groups is 2. The summed E-state index contributed by atoms with van der Waals surface area (Å²) < 4.78 is 0. The minimum absolute atomic E-state index is 0.0518. The van der Waals surface area contributed by atoms with Gasteiger partial charge >= 0.3 is 5.97 Å². The molecule has 0 bridgehead atoms. The highest BCUT2D eigenvalue weighted by Gasteiger charge is 2.21. The Hall–Kier alpha value is -2.11. The normalized spacial score (nSPS) is 11.8. The quantitative estimate of drug-likeness (QED) is 0.318. The van der Waals surface area contributed by atoms with Gasteiger partial charge < -0.3 is 4.84 Å². The number of nitrogens with one attached hydrogen (secondary N) is 1. The maximum atomic E-state index is 12.8. The van der Waals surface area contributed by atoms with E-state index in [9.17, 15) is 9.59 Å². The summed E-state index contributed by atoms with van der Waals surface area (Å²) in [5, 5.41) is 0. The minimum atomic E-state index is -0.515. The molecule has 0 saturated carbocycles. The van der Waals surface area contributed by atoms with Gasteiger partial charge in [0.1, 0.15) is 6.04 Å². The topological polar surface area (TPSA) is 55.4 Å². The van der Waals surface area contributed by atoms with Crippen molar-refractivity contribution in [2.45, 2.75) is 61.8 Å². The number of hydrogen-bond donors (Lipinski definition) is 1. The second kappa shape index (κ2) is 11.6. The van der Waals surface area contributed by atoms with Gasteiger partial charge in [0.05, 0.1) is 0 Å². The molecule has 144 valence electrons. The van der Waals surface area contributed by atoms with Gasteiger partial charge in [-0.05, 0) is 30.7 Å². The summed E-state index contributed by atoms with van der Waals surface area (Å²) >= 11 is 1.65. The molecule has 0 radical (unpaired) electrons. The van der Waals surface area contributed by atoms with Crippen LogP contribution in [0.5, 0.6) is 0 Å². The summed E-state index contributed by atoms with van der Waals surface area (Å²) in [4.78, 5) is 31.1. The van der Waals surface area contributed by atoms with Gasteiger partial charge in [-0.3, -0.25) is 9.59 Å². The molecule has 0 aliphatic heterocycles. The molecule has 0 fully saturated rings. The lowest BCUT2D eigenvalue weighted by Gasteiger charge is -2.17. The second-order valence-corrected chi connectivity index (χ2v) is 7.56. The van der Waals surface area contributed by atoms with Gasteiger partial charge in [0.15, 0.2) is 5.78 Å². The lowest BCUT2D eigenvalue weighted by molar-refractivity contribution is -0.149. The van der Waals surface area contributed by atoms with Crippen LogP contribution in [-0.4, -0.2) is 17.8 Å². The van der Waals surface area contributed by atoms with Crippen molar-refractivity contribution in [2.24, 2.45) is 0 Å². The lowest BCUT2D eigenvalue weighted by atomic mass is 9.99. The summed E-state index contributed by atoms with van der Waals surface area (Å²) in [6, 6.07) is 17.2. The Kier molecular flexibility index (Phi) is 9.08. The zero-order valence-electron chi connectivity index (χ0n) is 15.9. The molecule has 27 heavy (non-hydrogen) atoms. The van der Waals surface area contributed by atoms with E-state index in [2.05, 4.69) is 24.5 Å². The Balaban J connectivity index is 2.00. The molecule has 0 aliphatic rings. The van der Waals surface area contributed by atoms with Crippen molar-refractivity contribution in [2.75, 3.05) is 0 Å². The molecular formula is C22H27NO3S. The average molecular weight is 386 g/mol. The number of hydrogen-bond acceptors (Lipinski definition) is 5. The molecule has 5 heteroatoms. The van der Waals surface area contributed by atoms with Gasteiger partial charge in [0.25, 0.3) is 0 Å². The predicted molar refractivity (Wildman–Crippen MR) is 109 cm³/mol. The van der Waals surface area contributed by atoms with E-state index in [4.69, 9.17) is 4.84 Å². The van der Waals surface area contributed by atoms with E-state index in [1.165, 1.54) is 6.92 Å². The molecule has 0 aromatic heterocycles. The number of hydroxylamine groups is 1. The fourth-order valence-corrected chi connectivity index (χ4v) is 3.52. The molecule has 4 nitrogen and oxygen atoms in total. The van der Waals surface area contributed by atoms with Gasteiger partial charge in [-0.25, -0.2) is 0 Å². The van der Waals surface area contributed by atoms with Crippen LogP contribution in [0.25, 0.3) is 0 Å². The Morgan fingerprint density at radius 1 is 0.963 bits per heavy atom. The largest absolute Gasteiger partial charge is 0.370 e. The second-order valence-electron chi connectivity index (χ2n) is 6.42. The van der Waals surface area contributed by atoms with Crippen LogP contribution in [0.3, 0.4) is 0 Å². The number of Topliss-reactive ketones (excluding diaryl/α,β-unsaturated/α-hetero) is 1. The molecule has 0 saturated heterocycles. The van der Waals surface area contributed by atoms with Crippen LogP contribution in [0.1, 0.15) is 56.3 Å². The highest BCUT2D eigenvalue weighted by Crippen LogP contribution is 2.27. The van der Waals surface area contributed by atoms with E-state index in [1.807, 2.05) is 42.5 Å². The first-order chi connectivity index (χ1) is 13.1. The Labute approximate surface area is 165 Å². The first kappa shape index (κ1) is 21.2. The molecule has 2 aromatic carbocycles. The van der Waals surface area contributed by atoms with Crippen molar-refractivity contribution in [3.8, 4) is 0 Å². The zero-order chi connectivity index (χ0) is 19.5. The average Bonchev–Trinajstić information content (AvgIpc) is 2.68. The highest BCUT2D eigenvalue weighted by atomic mass is 32.2. The molecule has 0 spiro atoms. The first-order valence-corrected chi connectivity index (χ1v) is 10.2. The van der Waals surface area contributed by atoms with Gasteiger partial charge in [0, 0.05) is 22.3 Å². The van der Waals surface area contributed by atoms with E-state index in [0.29, 0.717) is 12.0 Å². The van der Waals surface area contributed by atoms with Crippen LogP contribution in [-0.2, 0) is 9.63 Å². The van der Waals surface area contributed by atoms with Gasteiger partial charge in [-0.1, -0.05) is 74.7 Å². The van der Waals surface area contributed by atoms with E-state index >= 15 is 0 Å². The predicted octanol–water partition coefficient (Wildman–Crippen LogP) is 5.43. The van der Waals surface area contributed by atoms with Crippen molar-refractivity contribution < 1.29 is 14.4 Å². The Morgan fingerprint density at radius 2 is 1.63 bits per heavy atom. The number of carbonyl (C=O) groups excluding carboxylic acids is 2. The van der Waals surface area contributed by atoms with Crippen LogP contribution >= 0.6 is 11.8 Å². The third-order valence-corrected chi connectivity index (χ3v) is 5.14. The fourth-order valence-electron chi connectivity index (χ4n) is 2.69. The third kappa shape index (κ3) is 7.57. The first-order valence-electron chi connectivity index (χ1n) is 9.40. The van der Waals surface area contributed by atoms with Gasteiger partial charge in [-0.15, -0.1) is 5.48 Å². The number of rotatable bonds is 11. The SMILES string of the molecule is CCCCCCC(NOC(C)=O)C(=O)c1ccc(Sc2ccccc2)cc1. The molecule has 1 N–H and O–H groups in total. The number of benzene rings is 2. The number of ketones is 1. The summed E-state index contributed by atoms with van der Waals surface area (Å²) in [7, 11) is 0. The number of unbranched alkanes of at least 4 members (excludes halogenated alkanes) is 3. The van der Waals surface area contributed by atoms with Crippen molar-refractivity contribution in [3.63, 3.8) is 0 Å². The van der Waals surface area contributed by atoms with Crippen molar-refractivity contribution in [1.82, 2.24) is 5.48 Å². The molecule has 0 heterocycles. The van der Waals surface area contributed by atoms with E-state index in [1.54, 1.807) is 11.8 Å². The molecule has 1 unspecified atom stereocenters. The van der Waals surface area contributed by atoms with Gasteiger partial charge in [-0.2, -0.15) is 0 Å². The third-order valence-electron chi connectivity index (χ3n) is 4.13. The zero-order valence-corrected chi connectivity index (χ0v) is 16.8. The van der Waals surface area contributed by atoms with E-state index in [0.717, 1.165) is 35.5 Å². The standard InChI is InChI=1S/C22H27NO3S/c1-3-4-5-9-12-21(23-26-17(2)24)22(25)18-13-15-20(16-14-18)27-19-10-7-6-8-11-19/h6-8,10-11,13-16,21,23H,3-5,9,12H2,1-2H3. The maximum absolute atomic E-state index is 12.8. The molecule has 0 aliphatic carbocycles. The molecule has 2 rings (SSSR count).